The van der Waals surface area contributed by atoms with Crippen LogP contribution in [-0.2, 0) is 0 Å². The van der Waals surface area contributed by atoms with Gasteiger partial charge in [-0.2, -0.15) is 0 Å². The standard InChI is InChI=1S/C23H24N4O/c28-23(27-12-8-16-3-1-2-4-18(16)15-27)22-13-19(17-5-9-24-10-6-17)20-14-25-11-7-21(20)26-22/h5-7,9-11,13-14,16,18H,1-4,8,12,15H2/t16-,18-/m1/s1. The fourth-order valence-electron chi connectivity index (χ4n) is 4.90. The van der Waals surface area contributed by atoms with Crippen LogP contribution in [-0.4, -0.2) is 38.8 Å². The van der Waals surface area contributed by atoms with E-state index in [1.54, 1.807) is 18.6 Å². The molecule has 0 N–H and O–H groups in total. The Hall–Kier alpha value is -2.82. The molecular weight excluding hydrogens is 348 g/mol. The number of likely N-dealkylation sites (tertiary alicyclic amines) is 1. The second-order valence-corrected chi connectivity index (χ2v) is 8.03. The quantitative estimate of drug-likeness (QED) is 0.671. The number of piperidine rings is 1. The van der Waals surface area contributed by atoms with Crippen molar-refractivity contribution in [3.05, 3.63) is 54.7 Å². The second kappa shape index (κ2) is 7.30. The van der Waals surface area contributed by atoms with E-state index in [9.17, 15) is 4.79 Å². The van der Waals surface area contributed by atoms with Crippen molar-refractivity contribution in [2.45, 2.75) is 32.1 Å². The van der Waals surface area contributed by atoms with Gasteiger partial charge in [0.1, 0.15) is 5.69 Å². The maximum absolute atomic E-state index is 13.3. The van der Waals surface area contributed by atoms with E-state index >= 15 is 0 Å². The second-order valence-electron chi connectivity index (χ2n) is 8.03. The Balaban J connectivity index is 1.51. The zero-order valence-electron chi connectivity index (χ0n) is 15.9. The number of carbonyl (C=O) groups excluding carboxylic acids is 1. The van der Waals surface area contributed by atoms with Crippen LogP contribution in [0.2, 0.25) is 0 Å². The lowest BCUT2D eigenvalue weighted by molar-refractivity contribution is 0.0516. The Bertz CT molecular complexity index is 1000. The van der Waals surface area contributed by atoms with Gasteiger partial charge in [0, 0.05) is 43.3 Å². The summed E-state index contributed by atoms with van der Waals surface area (Å²) in [7, 11) is 0. The van der Waals surface area contributed by atoms with Crippen molar-refractivity contribution < 1.29 is 4.79 Å². The van der Waals surface area contributed by atoms with Crippen LogP contribution in [0.3, 0.4) is 0 Å². The maximum Gasteiger partial charge on any atom is 0.272 e. The number of rotatable bonds is 2. The zero-order valence-corrected chi connectivity index (χ0v) is 15.9. The summed E-state index contributed by atoms with van der Waals surface area (Å²) < 4.78 is 0. The molecule has 0 spiro atoms. The van der Waals surface area contributed by atoms with Crippen LogP contribution in [0.1, 0.15) is 42.6 Å². The minimum atomic E-state index is 0.0537. The van der Waals surface area contributed by atoms with Crippen LogP contribution in [0.5, 0.6) is 0 Å². The predicted octanol–water partition coefficient (Wildman–Crippen LogP) is 4.34. The average Bonchev–Trinajstić information content (AvgIpc) is 2.78. The third-order valence-corrected chi connectivity index (χ3v) is 6.40. The number of hydrogen-bond donors (Lipinski definition) is 0. The summed E-state index contributed by atoms with van der Waals surface area (Å²) in [6.07, 6.45) is 13.5. The van der Waals surface area contributed by atoms with E-state index in [0.29, 0.717) is 11.6 Å². The minimum absolute atomic E-state index is 0.0537. The number of amides is 1. The predicted molar refractivity (Wildman–Crippen MR) is 109 cm³/mol. The molecule has 1 amide bonds. The van der Waals surface area contributed by atoms with E-state index in [4.69, 9.17) is 4.98 Å². The van der Waals surface area contributed by atoms with Crippen molar-refractivity contribution in [2.24, 2.45) is 11.8 Å². The van der Waals surface area contributed by atoms with Gasteiger partial charge in [0.25, 0.3) is 5.91 Å². The van der Waals surface area contributed by atoms with E-state index in [2.05, 4.69) is 9.97 Å². The Morgan fingerprint density at radius 1 is 0.964 bits per heavy atom. The first-order chi connectivity index (χ1) is 13.8. The highest BCUT2D eigenvalue weighted by Gasteiger charge is 2.33. The third-order valence-electron chi connectivity index (χ3n) is 6.40. The molecule has 0 radical (unpaired) electrons. The van der Waals surface area contributed by atoms with Crippen LogP contribution in [0.4, 0.5) is 0 Å². The van der Waals surface area contributed by atoms with Crippen molar-refractivity contribution in [1.29, 1.82) is 0 Å². The van der Waals surface area contributed by atoms with Gasteiger partial charge in [0.05, 0.1) is 5.52 Å². The van der Waals surface area contributed by atoms with E-state index in [-0.39, 0.29) is 5.91 Å². The number of carbonyl (C=O) groups is 1. The third kappa shape index (κ3) is 3.15. The SMILES string of the molecule is O=C(c1cc(-c2ccncc2)c2cnccc2n1)N1CC[C@H]2CCCC[C@@H]2C1. The first kappa shape index (κ1) is 17.3. The monoisotopic (exact) mass is 372 g/mol. The van der Waals surface area contributed by atoms with Gasteiger partial charge in [0.15, 0.2) is 0 Å². The van der Waals surface area contributed by atoms with Gasteiger partial charge in [-0.15, -0.1) is 0 Å². The van der Waals surface area contributed by atoms with E-state index in [1.807, 2.05) is 35.4 Å². The highest BCUT2D eigenvalue weighted by atomic mass is 16.2. The maximum atomic E-state index is 13.3. The molecule has 0 unspecified atom stereocenters. The lowest BCUT2D eigenvalue weighted by Crippen LogP contribution is -2.45. The van der Waals surface area contributed by atoms with Gasteiger partial charge in [-0.1, -0.05) is 19.3 Å². The molecule has 2 atom stereocenters. The lowest BCUT2D eigenvalue weighted by atomic mass is 9.75. The molecule has 4 heterocycles. The molecule has 1 aliphatic heterocycles. The van der Waals surface area contributed by atoms with Crippen molar-refractivity contribution in [2.75, 3.05) is 13.1 Å². The number of pyridine rings is 3. The van der Waals surface area contributed by atoms with Crippen LogP contribution in [0.25, 0.3) is 22.0 Å². The highest BCUT2D eigenvalue weighted by Crippen LogP contribution is 2.36. The molecule has 1 aliphatic carbocycles. The summed E-state index contributed by atoms with van der Waals surface area (Å²) in [5.41, 5.74) is 3.34. The molecule has 28 heavy (non-hydrogen) atoms. The van der Waals surface area contributed by atoms with Gasteiger partial charge >= 0.3 is 0 Å². The molecule has 5 rings (SSSR count). The number of aromatic nitrogens is 3. The fourth-order valence-corrected chi connectivity index (χ4v) is 4.90. The van der Waals surface area contributed by atoms with E-state index in [0.717, 1.165) is 47.5 Å². The molecule has 5 nitrogen and oxygen atoms in total. The normalized spacial score (nSPS) is 22.1. The molecule has 1 saturated heterocycles. The molecule has 2 fully saturated rings. The number of fused-ring (bicyclic) bond motifs is 2. The summed E-state index contributed by atoms with van der Waals surface area (Å²) in [5.74, 6) is 1.52. The first-order valence-electron chi connectivity index (χ1n) is 10.2. The summed E-state index contributed by atoms with van der Waals surface area (Å²) in [6, 6.07) is 7.73. The number of hydrogen-bond acceptors (Lipinski definition) is 4. The van der Waals surface area contributed by atoms with Crippen molar-refractivity contribution in [3.63, 3.8) is 0 Å². The summed E-state index contributed by atoms with van der Waals surface area (Å²) in [6.45, 7) is 1.73. The van der Waals surface area contributed by atoms with Crippen LogP contribution >= 0.6 is 0 Å². The molecule has 0 bridgehead atoms. The van der Waals surface area contributed by atoms with Crippen molar-refractivity contribution in [1.82, 2.24) is 19.9 Å². The molecule has 3 aromatic rings. The molecule has 0 aromatic carbocycles. The van der Waals surface area contributed by atoms with Crippen LogP contribution in [0.15, 0.2) is 49.1 Å². The average molecular weight is 372 g/mol. The Kier molecular flexibility index (Phi) is 4.51. The zero-order chi connectivity index (χ0) is 18.9. The summed E-state index contributed by atoms with van der Waals surface area (Å²) in [5, 5.41) is 0.955. The highest BCUT2D eigenvalue weighted by molar-refractivity contribution is 6.01. The molecule has 3 aromatic heterocycles. The molecule has 142 valence electrons. The largest absolute Gasteiger partial charge is 0.337 e. The minimum Gasteiger partial charge on any atom is -0.337 e. The fraction of sp³-hybridized carbons (Fsp3) is 0.391. The summed E-state index contributed by atoms with van der Waals surface area (Å²) >= 11 is 0. The van der Waals surface area contributed by atoms with Crippen molar-refractivity contribution >= 4 is 16.8 Å². The van der Waals surface area contributed by atoms with Gasteiger partial charge in [-0.25, -0.2) is 4.98 Å². The smallest absolute Gasteiger partial charge is 0.272 e. The Morgan fingerprint density at radius 3 is 2.61 bits per heavy atom. The van der Waals surface area contributed by atoms with Gasteiger partial charge in [0.2, 0.25) is 0 Å². The lowest BCUT2D eigenvalue weighted by Gasteiger charge is -2.41. The first-order valence-corrected chi connectivity index (χ1v) is 10.2. The topological polar surface area (TPSA) is 59.0 Å². The molecular formula is C23H24N4O. The molecule has 1 saturated carbocycles. The summed E-state index contributed by atoms with van der Waals surface area (Å²) in [4.78, 5) is 28.4. The van der Waals surface area contributed by atoms with Crippen molar-refractivity contribution in [3.8, 4) is 11.1 Å². The van der Waals surface area contributed by atoms with E-state index in [1.165, 1.54) is 25.7 Å². The Labute approximate surface area is 164 Å². The van der Waals surface area contributed by atoms with Gasteiger partial charge in [-0.05, 0) is 60.1 Å². The van der Waals surface area contributed by atoms with Gasteiger partial charge < -0.3 is 4.90 Å². The molecule has 2 aliphatic rings. The van der Waals surface area contributed by atoms with Crippen LogP contribution < -0.4 is 0 Å². The Morgan fingerprint density at radius 2 is 1.75 bits per heavy atom. The van der Waals surface area contributed by atoms with Crippen LogP contribution in [0, 0.1) is 11.8 Å². The van der Waals surface area contributed by atoms with Gasteiger partial charge in [-0.3, -0.25) is 14.8 Å². The number of nitrogens with zero attached hydrogens (tertiary/aromatic N) is 4. The molecule has 5 heteroatoms. The van der Waals surface area contributed by atoms with E-state index < -0.39 is 0 Å².